The summed E-state index contributed by atoms with van der Waals surface area (Å²) in [6.45, 7) is 4.90. The molecule has 0 spiro atoms. The van der Waals surface area contributed by atoms with E-state index in [-0.39, 0.29) is 11.7 Å². The number of aliphatic carboxylic acids is 1. The molecule has 1 aromatic heterocycles. The third-order valence-electron chi connectivity index (χ3n) is 4.53. The summed E-state index contributed by atoms with van der Waals surface area (Å²) < 4.78 is 1.63. The van der Waals surface area contributed by atoms with Crippen LogP contribution in [0.15, 0.2) is 23.4 Å². The highest BCUT2D eigenvalue weighted by atomic mass is 32.2. The van der Waals surface area contributed by atoms with Gasteiger partial charge in [0.2, 0.25) is 11.1 Å². The van der Waals surface area contributed by atoms with Crippen LogP contribution in [0.5, 0.6) is 0 Å². The molecule has 8 nitrogen and oxygen atoms in total. The minimum absolute atomic E-state index is 0.0398. The summed E-state index contributed by atoms with van der Waals surface area (Å²) in [5.74, 6) is -1.31. The molecule has 26 heavy (non-hydrogen) atoms. The number of carboxylic acids is 1. The van der Waals surface area contributed by atoms with Crippen molar-refractivity contribution in [2.75, 3.05) is 18.8 Å². The van der Waals surface area contributed by atoms with Gasteiger partial charge in [0.25, 0.3) is 0 Å². The molecular weight excluding hydrogens is 354 g/mol. The number of tetrazole rings is 1. The molecule has 1 amide bonds. The standard InChI is InChI=1S/C17H21N5O3S/c1-11-3-4-14(12(2)9-11)22-17(18-19-20-22)26-10-15(23)21-7-5-13(6-8-21)16(24)25/h3-4,9,13H,5-8,10H2,1-2H3,(H,24,25)/p-1. The van der Waals surface area contributed by atoms with Crippen LogP contribution >= 0.6 is 11.8 Å². The molecule has 2 aromatic rings. The number of aromatic nitrogens is 4. The number of aryl methyl sites for hydroxylation is 2. The normalized spacial score (nSPS) is 15.2. The molecule has 0 saturated carbocycles. The fourth-order valence-corrected chi connectivity index (χ4v) is 3.83. The van der Waals surface area contributed by atoms with E-state index in [1.807, 2.05) is 26.0 Å². The highest BCUT2D eigenvalue weighted by Gasteiger charge is 2.24. The number of carbonyl (C=O) groups is 2. The molecule has 2 heterocycles. The third kappa shape index (κ3) is 4.04. The summed E-state index contributed by atoms with van der Waals surface area (Å²) in [7, 11) is 0. The molecule has 0 bridgehead atoms. The largest absolute Gasteiger partial charge is 0.550 e. The average molecular weight is 374 g/mol. The third-order valence-corrected chi connectivity index (χ3v) is 5.43. The molecule has 0 N–H and O–H groups in total. The van der Waals surface area contributed by atoms with E-state index in [0.717, 1.165) is 16.8 Å². The lowest BCUT2D eigenvalue weighted by atomic mass is 9.97. The summed E-state index contributed by atoms with van der Waals surface area (Å²) in [4.78, 5) is 25.0. The maximum Gasteiger partial charge on any atom is 0.233 e. The second-order valence-electron chi connectivity index (χ2n) is 6.43. The van der Waals surface area contributed by atoms with Gasteiger partial charge in [0, 0.05) is 25.0 Å². The zero-order valence-corrected chi connectivity index (χ0v) is 15.5. The Kier molecular flexibility index (Phi) is 5.55. The molecule has 0 atom stereocenters. The molecule has 1 fully saturated rings. The first-order valence-corrected chi connectivity index (χ1v) is 9.41. The van der Waals surface area contributed by atoms with Crippen LogP contribution in [0.4, 0.5) is 0 Å². The van der Waals surface area contributed by atoms with E-state index in [0.29, 0.717) is 31.1 Å². The summed E-state index contributed by atoms with van der Waals surface area (Å²) in [5.41, 5.74) is 3.09. The van der Waals surface area contributed by atoms with Gasteiger partial charge in [-0.2, -0.15) is 4.68 Å². The molecule has 0 aliphatic carbocycles. The van der Waals surface area contributed by atoms with Crippen molar-refractivity contribution in [1.82, 2.24) is 25.1 Å². The maximum absolute atomic E-state index is 12.4. The van der Waals surface area contributed by atoms with Gasteiger partial charge < -0.3 is 14.8 Å². The van der Waals surface area contributed by atoms with Crippen LogP contribution in [-0.2, 0) is 9.59 Å². The van der Waals surface area contributed by atoms with Gasteiger partial charge in [-0.15, -0.1) is 5.10 Å². The summed E-state index contributed by atoms with van der Waals surface area (Å²) in [6, 6.07) is 6.00. The summed E-state index contributed by atoms with van der Waals surface area (Å²) in [6.07, 6.45) is 0.887. The Morgan fingerprint density at radius 3 is 2.65 bits per heavy atom. The number of piperidine rings is 1. The predicted molar refractivity (Wildman–Crippen MR) is 93.7 cm³/mol. The van der Waals surface area contributed by atoms with E-state index in [2.05, 4.69) is 21.6 Å². The number of hydrogen-bond acceptors (Lipinski definition) is 7. The first-order valence-electron chi connectivity index (χ1n) is 8.43. The van der Waals surface area contributed by atoms with Gasteiger partial charge in [-0.3, -0.25) is 4.79 Å². The van der Waals surface area contributed by atoms with Crippen molar-refractivity contribution in [3.05, 3.63) is 29.3 Å². The SMILES string of the molecule is Cc1ccc(-n2nnnc2SCC(=O)N2CCC(C(=O)[O-])CC2)c(C)c1. The minimum atomic E-state index is -1.03. The average Bonchev–Trinajstić information content (AvgIpc) is 3.08. The predicted octanol–water partition coefficient (Wildman–Crippen LogP) is 0.360. The Bertz CT molecular complexity index is 814. The lowest BCUT2D eigenvalue weighted by molar-refractivity contribution is -0.312. The number of rotatable bonds is 5. The molecule has 3 rings (SSSR count). The van der Waals surface area contributed by atoms with Gasteiger partial charge >= 0.3 is 0 Å². The van der Waals surface area contributed by atoms with Crippen LogP contribution in [0.25, 0.3) is 5.69 Å². The van der Waals surface area contributed by atoms with E-state index in [1.165, 1.54) is 11.8 Å². The number of nitrogens with zero attached hydrogens (tertiary/aromatic N) is 5. The van der Waals surface area contributed by atoms with Crippen LogP contribution in [0.2, 0.25) is 0 Å². The second-order valence-corrected chi connectivity index (χ2v) is 7.37. The van der Waals surface area contributed by atoms with Crippen molar-refractivity contribution in [3.63, 3.8) is 0 Å². The van der Waals surface area contributed by atoms with Crippen LogP contribution < -0.4 is 5.11 Å². The Hall–Kier alpha value is -2.42. The van der Waals surface area contributed by atoms with E-state index in [1.54, 1.807) is 9.58 Å². The van der Waals surface area contributed by atoms with Crippen molar-refractivity contribution in [3.8, 4) is 5.69 Å². The molecule has 0 unspecified atom stereocenters. The zero-order chi connectivity index (χ0) is 18.7. The van der Waals surface area contributed by atoms with Gasteiger partial charge in [0.05, 0.1) is 11.4 Å². The van der Waals surface area contributed by atoms with Crippen LogP contribution in [0, 0.1) is 19.8 Å². The number of likely N-dealkylation sites (tertiary alicyclic amines) is 1. The molecule has 1 aliphatic heterocycles. The maximum atomic E-state index is 12.4. The molecule has 1 aliphatic rings. The fourth-order valence-electron chi connectivity index (χ4n) is 3.05. The molecule has 0 radical (unpaired) electrons. The molecule has 9 heteroatoms. The van der Waals surface area contributed by atoms with E-state index >= 15 is 0 Å². The molecule has 1 saturated heterocycles. The minimum Gasteiger partial charge on any atom is -0.550 e. The van der Waals surface area contributed by atoms with Gasteiger partial charge in [0.1, 0.15) is 0 Å². The van der Waals surface area contributed by atoms with E-state index in [4.69, 9.17) is 0 Å². The Morgan fingerprint density at radius 1 is 1.27 bits per heavy atom. The topological polar surface area (TPSA) is 104 Å². The van der Waals surface area contributed by atoms with Gasteiger partial charge in [0.15, 0.2) is 0 Å². The number of carboxylic acid groups (broad SMARTS) is 1. The van der Waals surface area contributed by atoms with E-state index in [9.17, 15) is 14.7 Å². The number of hydrogen-bond donors (Lipinski definition) is 0. The van der Waals surface area contributed by atoms with Crippen LogP contribution in [0.3, 0.4) is 0 Å². The van der Waals surface area contributed by atoms with E-state index < -0.39 is 11.9 Å². The first-order chi connectivity index (χ1) is 12.5. The van der Waals surface area contributed by atoms with Crippen molar-refractivity contribution in [2.45, 2.75) is 31.8 Å². The summed E-state index contributed by atoms with van der Waals surface area (Å²) in [5, 5.41) is 23.2. The Labute approximate surface area is 155 Å². The van der Waals surface area contributed by atoms with Crippen LogP contribution in [0.1, 0.15) is 24.0 Å². The summed E-state index contributed by atoms with van der Waals surface area (Å²) >= 11 is 1.28. The number of thioether (sulfide) groups is 1. The van der Waals surface area contributed by atoms with Gasteiger partial charge in [-0.1, -0.05) is 29.5 Å². The smallest absolute Gasteiger partial charge is 0.233 e. The monoisotopic (exact) mass is 374 g/mol. The molecular formula is C17H20N5O3S-. The molecule has 138 valence electrons. The number of carbonyl (C=O) groups excluding carboxylic acids is 2. The zero-order valence-electron chi connectivity index (χ0n) is 14.7. The first kappa shape index (κ1) is 18.4. The number of amides is 1. The van der Waals surface area contributed by atoms with Crippen molar-refractivity contribution < 1.29 is 14.7 Å². The Balaban J connectivity index is 1.62. The fraction of sp³-hybridized carbons (Fsp3) is 0.471. The van der Waals surface area contributed by atoms with Gasteiger partial charge in [-0.25, -0.2) is 0 Å². The second kappa shape index (κ2) is 7.86. The lowest BCUT2D eigenvalue weighted by Crippen LogP contribution is -2.44. The number of benzene rings is 1. The highest BCUT2D eigenvalue weighted by Crippen LogP contribution is 2.23. The Morgan fingerprint density at radius 2 is 2.00 bits per heavy atom. The van der Waals surface area contributed by atoms with Crippen LogP contribution in [-0.4, -0.2) is 55.8 Å². The quantitative estimate of drug-likeness (QED) is 0.696. The van der Waals surface area contributed by atoms with Crippen molar-refractivity contribution in [2.24, 2.45) is 5.92 Å². The van der Waals surface area contributed by atoms with Crippen molar-refractivity contribution in [1.29, 1.82) is 0 Å². The van der Waals surface area contributed by atoms with Gasteiger partial charge in [-0.05, 0) is 48.7 Å². The highest BCUT2D eigenvalue weighted by molar-refractivity contribution is 7.99. The van der Waals surface area contributed by atoms with Crippen molar-refractivity contribution >= 4 is 23.6 Å². The molecule has 1 aromatic carbocycles. The lowest BCUT2D eigenvalue weighted by Gasteiger charge is -2.32.